The van der Waals surface area contributed by atoms with Crippen molar-refractivity contribution in [1.29, 1.82) is 0 Å². The highest BCUT2D eigenvalue weighted by Gasteiger charge is 2.37. The van der Waals surface area contributed by atoms with Crippen molar-refractivity contribution >= 4 is 5.97 Å². The third kappa shape index (κ3) is 4.21. The van der Waals surface area contributed by atoms with E-state index in [0.29, 0.717) is 12.0 Å². The summed E-state index contributed by atoms with van der Waals surface area (Å²) in [5, 5.41) is 9.58. The number of aliphatic carboxylic acids is 1. The Morgan fingerprint density at radius 1 is 1.15 bits per heavy atom. The van der Waals surface area contributed by atoms with Gasteiger partial charge in [0.1, 0.15) is 0 Å². The molecule has 1 aliphatic rings. The van der Waals surface area contributed by atoms with Crippen LogP contribution in [0.3, 0.4) is 0 Å². The predicted molar refractivity (Wildman–Crippen MR) is 83.9 cm³/mol. The zero-order chi connectivity index (χ0) is 15.4. The van der Waals surface area contributed by atoms with Gasteiger partial charge in [-0.25, -0.2) is 0 Å². The standard InChI is InChI=1S/C17H33NO2/c1-6-17(7-2,15(19)20)13-18-11-8-9-14(10-12-18)16(3,4)5/h14H,6-13H2,1-5H3,(H,19,20). The van der Waals surface area contributed by atoms with Crippen molar-refractivity contribution in [3.05, 3.63) is 0 Å². The Labute approximate surface area is 124 Å². The van der Waals surface area contributed by atoms with Gasteiger partial charge in [0, 0.05) is 6.54 Å². The van der Waals surface area contributed by atoms with E-state index < -0.39 is 11.4 Å². The van der Waals surface area contributed by atoms with Crippen molar-refractivity contribution in [1.82, 2.24) is 4.90 Å². The highest BCUT2D eigenvalue weighted by atomic mass is 16.4. The summed E-state index contributed by atoms with van der Waals surface area (Å²) in [4.78, 5) is 14.0. The lowest BCUT2D eigenvalue weighted by Gasteiger charge is -2.34. The van der Waals surface area contributed by atoms with E-state index in [1.165, 1.54) is 19.3 Å². The van der Waals surface area contributed by atoms with Crippen LogP contribution in [0.5, 0.6) is 0 Å². The Hall–Kier alpha value is -0.570. The number of carbonyl (C=O) groups is 1. The van der Waals surface area contributed by atoms with E-state index in [-0.39, 0.29) is 0 Å². The van der Waals surface area contributed by atoms with Gasteiger partial charge < -0.3 is 10.0 Å². The fourth-order valence-corrected chi connectivity index (χ4v) is 3.45. The van der Waals surface area contributed by atoms with Crippen molar-refractivity contribution in [3.63, 3.8) is 0 Å². The Balaban J connectivity index is 2.68. The Kier molecular flexibility index (Phi) is 6.06. The van der Waals surface area contributed by atoms with Crippen LogP contribution in [0.4, 0.5) is 0 Å². The molecule has 1 N–H and O–H groups in total. The first-order valence-electron chi connectivity index (χ1n) is 8.21. The molecule has 0 aromatic heterocycles. The molecule has 0 bridgehead atoms. The SMILES string of the molecule is CCC(CC)(CN1CCCC(C(C)(C)C)CC1)C(=O)O. The molecular formula is C17H33NO2. The fourth-order valence-electron chi connectivity index (χ4n) is 3.45. The lowest BCUT2D eigenvalue weighted by molar-refractivity contribution is -0.150. The summed E-state index contributed by atoms with van der Waals surface area (Å²) in [6.07, 6.45) is 5.12. The number of rotatable bonds is 5. The van der Waals surface area contributed by atoms with E-state index in [9.17, 15) is 9.90 Å². The first-order valence-corrected chi connectivity index (χ1v) is 8.21. The number of likely N-dealkylation sites (tertiary alicyclic amines) is 1. The van der Waals surface area contributed by atoms with Crippen LogP contribution < -0.4 is 0 Å². The van der Waals surface area contributed by atoms with Gasteiger partial charge in [-0.3, -0.25) is 4.79 Å². The van der Waals surface area contributed by atoms with Crippen LogP contribution in [0.25, 0.3) is 0 Å². The number of carboxylic acids is 1. The molecule has 1 heterocycles. The van der Waals surface area contributed by atoms with Gasteiger partial charge in [-0.05, 0) is 56.5 Å². The van der Waals surface area contributed by atoms with E-state index in [0.717, 1.165) is 31.8 Å². The van der Waals surface area contributed by atoms with E-state index in [2.05, 4.69) is 25.7 Å². The van der Waals surface area contributed by atoms with Gasteiger partial charge in [0.25, 0.3) is 0 Å². The summed E-state index contributed by atoms with van der Waals surface area (Å²) in [7, 11) is 0. The summed E-state index contributed by atoms with van der Waals surface area (Å²) in [6, 6.07) is 0. The summed E-state index contributed by atoms with van der Waals surface area (Å²) < 4.78 is 0. The van der Waals surface area contributed by atoms with Gasteiger partial charge >= 0.3 is 5.97 Å². The molecule has 1 aliphatic heterocycles. The molecule has 3 heteroatoms. The van der Waals surface area contributed by atoms with Crippen molar-refractivity contribution in [3.8, 4) is 0 Å². The molecule has 1 rings (SSSR count). The summed E-state index contributed by atoms with van der Waals surface area (Å²) in [5.41, 5.74) is -0.184. The second-order valence-electron chi connectivity index (χ2n) is 7.56. The van der Waals surface area contributed by atoms with Crippen molar-refractivity contribution in [2.75, 3.05) is 19.6 Å². The molecule has 0 aromatic carbocycles. The summed E-state index contributed by atoms with van der Waals surface area (Å²) >= 11 is 0. The van der Waals surface area contributed by atoms with Crippen LogP contribution in [0.15, 0.2) is 0 Å². The second kappa shape index (κ2) is 6.93. The normalized spacial score (nSPS) is 22.6. The molecule has 0 aliphatic carbocycles. The molecule has 1 atom stereocenters. The molecule has 0 saturated carbocycles. The lowest BCUT2D eigenvalue weighted by Crippen LogP contribution is -2.43. The Morgan fingerprint density at radius 2 is 1.75 bits per heavy atom. The zero-order valence-electron chi connectivity index (χ0n) is 14.0. The number of hydrogen-bond acceptors (Lipinski definition) is 2. The number of hydrogen-bond donors (Lipinski definition) is 1. The van der Waals surface area contributed by atoms with Crippen LogP contribution in [0, 0.1) is 16.7 Å². The van der Waals surface area contributed by atoms with Crippen LogP contribution >= 0.6 is 0 Å². The van der Waals surface area contributed by atoms with Gasteiger partial charge in [-0.15, -0.1) is 0 Å². The molecule has 1 fully saturated rings. The van der Waals surface area contributed by atoms with E-state index in [1.807, 2.05) is 13.8 Å². The predicted octanol–water partition coefficient (Wildman–Crippen LogP) is 4.03. The largest absolute Gasteiger partial charge is 0.481 e. The van der Waals surface area contributed by atoms with Gasteiger partial charge in [0.2, 0.25) is 0 Å². The molecule has 3 nitrogen and oxygen atoms in total. The third-order valence-corrected chi connectivity index (χ3v) is 5.38. The monoisotopic (exact) mass is 283 g/mol. The van der Waals surface area contributed by atoms with Crippen molar-refractivity contribution in [2.24, 2.45) is 16.7 Å². The highest BCUT2D eigenvalue weighted by molar-refractivity contribution is 5.74. The van der Waals surface area contributed by atoms with Gasteiger partial charge in [-0.2, -0.15) is 0 Å². The molecule has 1 saturated heterocycles. The quantitative estimate of drug-likeness (QED) is 0.828. The Bertz CT molecular complexity index is 315. The fraction of sp³-hybridized carbons (Fsp3) is 0.941. The summed E-state index contributed by atoms with van der Waals surface area (Å²) in [5.74, 6) is 0.133. The minimum absolute atomic E-state index is 0.370. The number of carboxylic acid groups (broad SMARTS) is 1. The molecule has 0 aromatic rings. The molecule has 0 amide bonds. The molecule has 1 unspecified atom stereocenters. The smallest absolute Gasteiger partial charge is 0.310 e. The maximum absolute atomic E-state index is 11.6. The zero-order valence-corrected chi connectivity index (χ0v) is 14.0. The maximum Gasteiger partial charge on any atom is 0.310 e. The molecule has 118 valence electrons. The molecule has 20 heavy (non-hydrogen) atoms. The highest BCUT2D eigenvalue weighted by Crippen LogP contribution is 2.35. The van der Waals surface area contributed by atoms with Gasteiger partial charge in [0.05, 0.1) is 5.41 Å². The summed E-state index contributed by atoms with van der Waals surface area (Å²) in [6.45, 7) is 13.8. The van der Waals surface area contributed by atoms with Crippen molar-refractivity contribution < 1.29 is 9.90 Å². The maximum atomic E-state index is 11.6. The average molecular weight is 283 g/mol. The van der Waals surface area contributed by atoms with E-state index in [1.54, 1.807) is 0 Å². The molecule has 0 spiro atoms. The Morgan fingerprint density at radius 3 is 2.20 bits per heavy atom. The number of nitrogens with zero attached hydrogens (tertiary/aromatic N) is 1. The minimum Gasteiger partial charge on any atom is -0.481 e. The first kappa shape index (κ1) is 17.5. The first-order chi connectivity index (χ1) is 9.25. The van der Waals surface area contributed by atoms with E-state index >= 15 is 0 Å². The minimum atomic E-state index is -0.626. The van der Waals surface area contributed by atoms with Gasteiger partial charge in [0.15, 0.2) is 0 Å². The van der Waals surface area contributed by atoms with Crippen molar-refractivity contribution in [2.45, 2.75) is 66.7 Å². The third-order valence-electron chi connectivity index (χ3n) is 5.38. The van der Waals surface area contributed by atoms with Crippen LogP contribution in [0.2, 0.25) is 0 Å². The second-order valence-corrected chi connectivity index (χ2v) is 7.56. The van der Waals surface area contributed by atoms with Crippen LogP contribution in [-0.4, -0.2) is 35.6 Å². The van der Waals surface area contributed by atoms with Gasteiger partial charge in [-0.1, -0.05) is 34.6 Å². The van der Waals surface area contributed by atoms with E-state index in [4.69, 9.17) is 0 Å². The lowest BCUT2D eigenvalue weighted by atomic mass is 9.76. The van der Waals surface area contributed by atoms with Crippen LogP contribution in [0.1, 0.15) is 66.7 Å². The molecule has 0 radical (unpaired) electrons. The average Bonchev–Trinajstić information content (AvgIpc) is 2.60. The van der Waals surface area contributed by atoms with Crippen LogP contribution in [-0.2, 0) is 4.79 Å². The topological polar surface area (TPSA) is 40.5 Å². The molecular weight excluding hydrogens is 250 g/mol.